The van der Waals surface area contributed by atoms with E-state index in [-0.39, 0.29) is 18.1 Å². The van der Waals surface area contributed by atoms with Crippen LogP contribution in [-0.2, 0) is 11.2 Å². The number of nitrogens with two attached hydrogens (primary N) is 1. The number of hydrogen-bond acceptors (Lipinski definition) is 3. The molecule has 0 radical (unpaired) electrons. The lowest BCUT2D eigenvalue weighted by Crippen LogP contribution is -2.46. The minimum Gasteiger partial charge on any atom is -0.478 e. The first-order valence-corrected chi connectivity index (χ1v) is 7.43. The van der Waals surface area contributed by atoms with E-state index < -0.39 is 0 Å². The number of amides is 1. The van der Waals surface area contributed by atoms with Crippen molar-refractivity contribution in [2.75, 3.05) is 11.4 Å². The van der Waals surface area contributed by atoms with Crippen LogP contribution in [0.5, 0.6) is 5.75 Å². The summed E-state index contributed by atoms with van der Waals surface area (Å²) >= 11 is 0. The number of hydrogen-bond donors (Lipinski definition) is 1. The highest BCUT2D eigenvalue weighted by Crippen LogP contribution is 2.35. The smallest absolute Gasteiger partial charge is 0.268 e. The molecule has 4 heteroatoms. The van der Waals surface area contributed by atoms with Gasteiger partial charge in [0.15, 0.2) is 6.10 Å². The maximum Gasteiger partial charge on any atom is 0.268 e. The van der Waals surface area contributed by atoms with Crippen LogP contribution in [0.3, 0.4) is 0 Å². The van der Waals surface area contributed by atoms with E-state index in [1.54, 1.807) is 0 Å². The van der Waals surface area contributed by atoms with Gasteiger partial charge in [0.2, 0.25) is 0 Å². The van der Waals surface area contributed by atoms with Crippen LogP contribution in [0.15, 0.2) is 18.2 Å². The summed E-state index contributed by atoms with van der Waals surface area (Å²) in [5.41, 5.74) is 7.89. The fraction of sp³-hybridized carbons (Fsp3) is 0.562. The molecule has 0 saturated carbocycles. The lowest BCUT2D eigenvalue weighted by atomic mass is 10.0. The minimum absolute atomic E-state index is 0.0693. The van der Waals surface area contributed by atoms with Crippen molar-refractivity contribution < 1.29 is 9.53 Å². The summed E-state index contributed by atoms with van der Waals surface area (Å²) in [6.07, 6.45) is 2.08. The summed E-state index contributed by atoms with van der Waals surface area (Å²) in [5.74, 6) is 0.873. The van der Waals surface area contributed by atoms with Crippen molar-refractivity contribution >= 4 is 11.6 Å². The molecule has 1 amide bonds. The van der Waals surface area contributed by atoms with E-state index in [9.17, 15) is 4.79 Å². The zero-order valence-corrected chi connectivity index (χ0v) is 12.6. The summed E-state index contributed by atoms with van der Waals surface area (Å²) < 4.78 is 5.81. The third-order valence-corrected chi connectivity index (χ3v) is 3.50. The molecule has 2 N–H and O–H groups in total. The maximum absolute atomic E-state index is 12.4. The molecular formula is C16H24N2O2. The molecule has 1 aliphatic heterocycles. The average Bonchev–Trinajstić information content (AvgIpc) is 2.41. The Morgan fingerprint density at radius 1 is 1.40 bits per heavy atom. The van der Waals surface area contributed by atoms with Gasteiger partial charge in [-0.2, -0.15) is 0 Å². The lowest BCUT2D eigenvalue weighted by Gasteiger charge is -2.34. The van der Waals surface area contributed by atoms with Crippen LogP contribution in [0.4, 0.5) is 5.69 Å². The first-order chi connectivity index (χ1) is 9.56. The van der Waals surface area contributed by atoms with Gasteiger partial charge in [-0.25, -0.2) is 0 Å². The Hall–Kier alpha value is -1.55. The van der Waals surface area contributed by atoms with Crippen molar-refractivity contribution in [2.24, 2.45) is 5.73 Å². The second-order valence-corrected chi connectivity index (χ2v) is 5.49. The van der Waals surface area contributed by atoms with Crippen molar-refractivity contribution in [3.8, 4) is 5.75 Å². The zero-order valence-electron chi connectivity index (χ0n) is 12.6. The Balaban J connectivity index is 2.36. The molecular weight excluding hydrogens is 252 g/mol. The molecule has 1 aliphatic rings. The number of benzene rings is 1. The summed E-state index contributed by atoms with van der Waals surface area (Å²) in [7, 11) is 0. The first kappa shape index (κ1) is 14.9. The van der Waals surface area contributed by atoms with Gasteiger partial charge in [-0.15, -0.1) is 0 Å². The number of fused-ring (bicyclic) bond motifs is 1. The van der Waals surface area contributed by atoms with Gasteiger partial charge in [0.05, 0.1) is 5.69 Å². The van der Waals surface area contributed by atoms with Crippen molar-refractivity contribution in [1.29, 1.82) is 0 Å². The Labute approximate surface area is 120 Å². The van der Waals surface area contributed by atoms with E-state index in [1.807, 2.05) is 36.9 Å². The zero-order chi connectivity index (χ0) is 14.7. The predicted octanol–water partition coefficient (Wildman–Crippen LogP) is 2.49. The van der Waals surface area contributed by atoms with Crippen LogP contribution in [0, 0.1) is 0 Å². The lowest BCUT2D eigenvalue weighted by molar-refractivity contribution is -0.126. The van der Waals surface area contributed by atoms with Crippen LogP contribution >= 0.6 is 0 Å². The van der Waals surface area contributed by atoms with E-state index in [0.29, 0.717) is 6.42 Å². The van der Waals surface area contributed by atoms with Crippen LogP contribution in [0.1, 0.15) is 39.2 Å². The number of carbonyl (C=O) groups is 1. The van der Waals surface area contributed by atoms with Crippen molar-refractivity contribution in [3.63, 3.8) is 0 Å². The Morgan fingerprint density at radius 2 is 2.15 bits per heavy atom. The molecule has 0 aliphatic carbocycles. The predicted molar refractivity (Wildman–Crippen MR) is 81.1 cm³/mol. The normalized spacial score (nSPS) is 19.5. The number of rotatable bonds is 5. The third kappa shape index (κ3) is 2.96. The van der Waals surface area contributed by atoms with Gasteiger partial charge in [-0.3, -0.25) is 4.79 Å². The number of carbonyl (C=O) groups excluding carboxylic acids is 1. The SMILES string of the molecule is CCCN1C(=O)C(CC)Oc2ccc(CC(C)N)cc21. The maximum atomic E-state index is 12.4. The van der Waals surface area contributed by atoms with Crippen molar-refractivity contribution in [2.45, 2.75) is 52.2 Å². The van der Waals surface area contributed by atoms with E-state index in [2.05, 4.69) is 6.92 Å². The van der Waals surface area contributed by atoms with Gasteiger partial charge in [-0.05, 0) is 43.9 Å². The molecule has 4 nitrogen and oxygen atoms in total. The molecule has 1 aromatic carbocycles. The molecule has 2 unspecified atom stereocenters. The quantitative estimate of drug-likeness (QED) is 0.899. The van der Waals surface area contributed by atoms with E-state index >= 15 is 0 Å². The fourth-order valence-electron chi connectivity index (χ4n) is 2.58. The molecule has 1 aromatic rings. The molecule has 0 bridgehead atoms. The van der Waals surface area contributed by atoms with E-state index in [0.717, 1.165) is 36.4 Å². The highest BCUT2D eigenvalue weighted by molar-refractivity contribution is 6.00. The monoisotopic (exact) mass is 276 g/mol. The third-order valence-electron chi connectivity index (χ3n) is 3.50. The second-order valence-electron chi connectivity index (χ2n) is 5.49. The fourth-order valence-corrected chi connectivity index (χ4v) is 2.58. The van der Waals surface area contributed by atoms with Crippen LogP contribution in [0.2, 0.25) is 0 Å². The van der Waals surface area contributed by atoms with Crippen molar-refractivity contribution in [3.05, 3.63) is 23.8 Å². The standard InChI is InChI=1S/C16H24N2O2/c1-4-8-18-13-10-12(9-11(3)17)6-7-15(13)20-14(5-2)16(18)19/h6-7,10-11,14H,4-5,8-9,17H2,1-3H3. The van der Waals surface area contributed by atoms with Crippen LogP contribution in [0.25, 0.3) is 0 Å². The van der Waals surface area contributed by atoms with Gasteiger partial charge in [0.25, 0.3) is 5.91 Å². The van der Waals surface area contributed by atoms with Crippen LogP contribution < -0.4 is 15.4 Å². The minimum atomic E-state index is -0.353. The molecule has 0 fully saturated rings. The highest BCUT2D eigenvalue weighted by Gasteiger charge is 2.32. The molecule has 2 rings (SSSR count). The van der Waals surface area contributed by atoms with E-state index in [1.165, 1.54) is 0 Å². The Morgan fingerprint density at radius 3 is 2.75 bits per heavy atom. The summed E-state index contributed by atoms with van der Waals surface area (Å²) in [5, 5.41) is 0. The van der Waals surface area contributed by atoms with Gasteiger partial charge >= 0.3 is 0 Å². The highest BCUT2D eigenvalue weighted by atomic mass is 16.5. The van der Waals surface area contributed by atoms with E-state index in [4.69, 9.17) is 10.5 Å². The molecule has 110 valence electrons. The van der Waals surface area contributed by atoms with Gasteiger partial charge in [-0.1, -0.05) is 19.9 Å². The second kappa shape index (κ2) is 6.27. The summed E-state index contributed by atoms with van der Waals surface area (Å²) in [4.78, 5) is 14.3. The molecule has 20 heavy (non-hydrogen) atoms. The average molecular weight is 276 g/mol. The Bertz CT molecular complexity index is 485. The Kier molecular flexibility index (Phi) is 4.65. The number of anilines is 1. The first-order valence-electron chi connectivity index (χ1n) is 7.43. The molecule has 0 saturated heterocycles. The molecule has 0 aromatic heterocycles. The van der Waals surface area contributed by atoms with Gasteiger partial charge < -0.3 is 15.4 Å². The molecule has 1 heterocycles. The summed E-state index contributed by atoms with van der Waals surface area (Å²) in [6.45, 7) is 6.77. The molecule has 0 spiro atoms. The summed E-state index contributed by atoms with van der Waals surface area (Å²) in [6, 6.07) is 6.15. The number of ether oxygens (including phenoxy) is 1. The van der Waals surface area contributed by atoms with Gasteiger partial charge in [0.1, 0.15) is 5.75 Å². The number of nitrogens with zero attached hydrogens (tertiary/aromatic N) is 1. The largest absolute Gasteiger partial charge is 0.478 e. The van der Waals surface area contributed by atoms with Gasteiger partial charge in [0, 0.05) is 12.6 Å². The van der Waals surface area contributed by atoms with Crippen LogP contribution in [-0.4, -0.2) is 24.6 Å². The molecule has 2 atom stereocenters. The topological polar surface area (TPSA) is 55.6 Å². The van der Waals surface area contributed by atoms with Crippen molar-refractivity contribution in [1.82, 2.24) is 0 Å².